The van der Waals surface area contributed by atoms with Crippen molar-refractivity contribution < 1.29 is 17.6 Å². The highest BCUT2D eigenvalue weighted by molar-refractivity contribution is 5.85. The Balaban J connectivity index is 0.00000144. The lowest BCUT2D eigenvalue weighted by Crippen LogP contribution is -2.20. The standard InChI is InChI=1S/C11H11F4N.ClH/c12-8-3-1-2-7(9(8)11(13,14)15)10(16)6-4-5-6;/h1-3,6,10H,4-5,16H2;1H/t10-;/m1./s1. The van der Waals surface area contributed by atoms with Gasteiger partial charge in [-0.25, -0.2) is 4.39 Å². The first-order valence-electron chi connectivity index (χ1n) is 5.02. The zero-order chi connectivity index (χ0) is 11.9. The summed E-state index contributed by atoms with van der Waals surface area (Å²) in [4.78, 5) is 0. The third kappa shape index (κ3) is 2.90. The van der Waals surface area contributed by atoms with E-state index in [1.54, 1.807) is 0 Å². The maximum atomic E-state index is 13.2. The molecule has 1 aliphatic carbocycles. The average molecular weight is 270 g/mol. The number of rotatable bonds is 2. The molecular weight excluding hydrogens is 258 g/mol. The third-order valence-corrected chi connectivity index (χ3v) is 2.82. The quantitative estimate of drug-likeness (QED) is 0.815. The monoisotopic (exact) mass is 269 g/mol. The molecule has 0 aliphatic heterocycles. The molecule has 0 radical (unpaired) electrons. The second-order valence-electron chi connectivity index (χ2n) is 4.07. The van der Waals surface area contributed by atoms with Crippen molar-refractivity contribution in [1.82, 2.24) is 0 Å². The van der Waals surface area contributed by atoms with Gasteiger partial charge < -0.3 is 5.73 Å². The number of halogens is 5. The lowest BCUT2D eigenvalue weighted by molar-refractivity contribution is -0.140. The van der Waals surface area contributed by atoms with E-state index in [1.807, 2.05) is 0 Å². The number of benzene rings is 1. The van der Waals surface area contributed by atoms with Crippen molar-refractivity contribution in [2.45, 2.75) is 25.1 Å². The molecule has 2 N–H and O–H groups in total. The smallest absolute Gasteiger partial charge is 0.324 e. The van der Waals surface area contributed by atoms with Crippen LogP contribution in [0, 0.1) is 11.7 Å². The highest BCUT2D eigenvalue weighted by Crippen LogP contribution is 2.44. The fourth-order valence-corrected chi connectivity index (χ4v) is 1.83. The third-order valence-electron chi connectivity index (χ3n) is 2.82. The number of nitrogens with two attached hydrogens (primary N) is 1. The highest BCUT2D eigenvalue weighted by atomic mass is 35.5. The van der Waals surface area contributed by atoms with Crippen LogP contribution in [0.25, 0.3) is 0 Å². The minimum atomic E-state index is -4.69. The highest BCUT2D eigenvalue weighted by Gasteiger charge is 2.40. The summed E-state index contributed by atoms with van der Waals surface area (Å²) in [5, 5.41) is 0. The van der Waals surface area contributed by atoms with Gasteiger partial charge in [-0.05, 0) is 30.4 Å². The van der Waals surface area contributed by atoms with Crippen LogP contribution in [0.4, 0.5) is 17.6 Å². The maximum absolute atomic E-state index is 13.2. The van der Waals surface area contributed by atoms with Gasteiger partial charge in [-0.15, -0.1) is 12.4 Å². The maximum Gasteiger partial charge on any atom is 0.419 e. The lowest BCUT2D eigenvalue weighted by atomic mass is 9.97. The molecule has 0 bridgehead atoms. The molecule has 1 aliphatic rings. The molecule has 0 spiro atoms. The molecule has 1 fully saturated rings. The van der Waals surface area contributed by atoms with Crippen molar-refractivity contribution in [1.29, 1.82) is 0 Å². The Morgan fingerprint density at radius 1 is 1.24 bits per heavy atom. The summed E-state index contributed by atoms with van der Waals surface area (Å²) in [6, 6.07) is 2.62. The topological polar surface area (TPSA) is 26.0 Å². The molecule has 1 nitrogen and oxygen atoms in total. The molecule has 1 saturated carbocycles. The first-order valence-corrected chi connectivity index (χ1v) is 5.02. The summed E-state index contributed by atoms with van der Waals surface area (Å²) in [6.45, 7) is 0. The summed E-state index contributed by atoms with van der Waals surface area (Å²) in [5.41, 5.74) is 4.36. The predicted octanol–water partition coefficient (Wildman–Crippen LogP) is 3.68. The molecule has 0 saturated heterocycles. The van der Waals surface area contributed by atoms with Gasteiger partial charge in [-0.2, -0.15) is 13.2 Å². The van der Waals surface area contributed by atoms with E-state index < -0.39 is 23.6 Å². The Morgan fingerprint density at radius 3 is 2.29 bits per heavy atom. The zero-order valence-electron chi connectivity index (χ0n) is 8.80. The zero-order valence-corrected chi connectivity index (χ0v) is 9.61. The van der Waals surface area contributed by atoms with Gasteiger partial charge in [0, 0.05) is 6.04 Å². The Kier molecular flexibility index (Phi) is 4.04. The van der Waals surface area contributed by atoms with Crippen LogP contribution in [0.2, 0.25) is 0 Å². The Bertz CT molecular complexity index is 401. The van der Waals surface area contributed by atoms with Crippen LogP contribution >= 0.6 is 12.4 Å². The molecule has 2 rings (SSSR count). The molecule has 1 aromatic rings. The summed E-state index contributed by atoms with van der Waals surface area (Å²) in [5.74, 6) is -1.19. The minimum absolute atomic E-state index is 0. The van der Waals surface area contributed by atoms with E-state index in [0.717, 1.165) is 18.9 Å². The van der Waals surface area contributed by atoms with Crippen molar-refractivity contribution in [3.8, 4) is 0 Å². The SMILES string of the molecule is Cl.N[C@@H](c1cccc(F)c1C(F)(F)F)C1CC1. The molecule has 6 heteroatoms. The fourth-order valence-electron chi connectivity index (χ4n) is 1.83. The average Bonchev–Trinajstić information content (AvgIpc) is 2.97. The predicted molar refractivity (Wildman–Crippen MR) is 58.3 cm³/mol. The van der Waals surface area contributed by atoms with Crippen molar-refractivity contribution >= 4 is 12.4 Å². The van der Waals surface area contributed by atoms with Crippen LogP contribution in [-0.2, 0) is 6.18 Å². The van der Waals surface area contributed by atoms with Gasteiger partial charge in [0.25, 0.3) is 0 Å². The molecule has 1 aromatic carbocycles. The van der Waals surface area contributed by atoms with Crippen molar-refractivity contribution in [3.05, 3.63) is 35.1 Å². The minimum Gasteiger partial charge on any atom is -0.324 e. The van der Waals surface area contributed by atoms with Crippen molar-refractivity contribution in [3.63, 3.8) is 0 Å². The van der Waals surface area contributed by atoms with Gasteiger partial charge in [-0.3, -0.25) is 0 Å². The van der Waals surface area contributed by atoms with Gasteiger partial charge in [0.15, 0.2) is 0 Å². The van der Waals surface area contributed by atoms with E-state index in [0.29, 0.717) is 0 Å². The molecule has 1 atom stereocenters. The molecule has 0 heterocycles. The van der Waals surface area contributed by atoms with Crippen LogP contribution in [0.3, 0.4) is 0 Å². The van der Waals surface area contributed by atoms with E-state index in [9.17, 15) is 17.6 Å². The summed E-state index contributed by atoms with van der Waals surface area (Å²) in [6.07, 6.45) is -3.06. The van der Waals surface area contributed by atoms with Crippen LogP contribution in [-0.4, -0.2) is 0 Å². The second kappa shape index (κ2) is 4.82. The second-order valence-corrected chi connectivity index (χ2v) is 4.07. The van der Waals surface area contributed by atoms with Gasteiger partial charge >= 0.3 is 6.18 Å². The molecule has 0 amide bonds. The molecular formula is C11H12ClF4N. The Morgan fingerprint density at radius 2 is 1.82 bits per heavy atom. The van der Waals surface area contributed by atoms with Gasteiger partial charge in [-0.1, -0.05) is 12.1 Å². The summed E-state index contributed by atoms with van der Waals surface area (Å²) in [7, 11) is 0. The molecule has 0 unspecified atom stereocenters. The summed E-state index contributed by atoms with van der Waals surface area (Å²) >= 11 is 0. The van der Waals surface area contributed by atoms with Gasteiger partial charge in [0.05, 0.1) is 5.56 Å². The summed E-state index contributed by atoms with van der Waals surface area (Å²) < 4.78 is 51.2. The Labute approximate surface area is 102 Å². The largest absolute Gasteiger partial charge is 0.419 e. The van der Waals surface area contributed by atoms with E-state index in [4.69, 9.17) is 5.73 Å². The fraction of sp³-hybridized carbons (Fsp3) is 0.455. The number of hydrogen-bond donors (Lipinski definition) is 1. The van der Waals surface area contributed by atoms with E-state index in [2.05, 4.69) is 0 Å². The van der Waals surface area contributed by atoms with E-state index in [1.165, 1.54) is 12.1 Å². The first-order chi connectivity index (χ1) is 7.41. The van der Waals surface area contributed by atoms with Crippen molar-refractivity contribution in [2.75, 3.05) is 0 Å². The normalized spacial score (nSPS) is 17.5. The van der Waals surface area contributed by atoms with E-state index >= 15 is 0 Å². The van der Waals surface area contributed by atoms with Crippen LogP contribution < -0.4 is 5.73 Å². The van der Waals surface area contributed by atoms with Crippen LogP contribution in [0.15, 0.2) is 18.2 Å². The lowest BCUT2D eigenvalue weighted by Gasteiger charge is -2.18. The number of hydrogen-bond acceptors (Lipinski definition) is 1. The van der Waals surface area contributed by atoms with Gasteiger partial charge in [0.2, 0.25) is 0 Å². The van der Waals surface area contributed by atoms with E-state index in [-0.39, 0.29) is 23.9 Å². The molecule has 0 aromatic heterocycles. The number of alkyl halides is 3. The van der Waals surface area contributed by atoms with Crippen LogP contribution in [0.1, 0.15) is 30.0 Å². The van der Waals surface area contributed by atoms with Crippen molar-refractivity contribution in [2.24, 2.45) is 11.7 Å². The van der Waals surface area contributed by atoms with Gasteiger partial charge in [0.1, 0.15) is 5.82 Å². The Hall–Kier alpha value is -0.810. The molecule has 96 valence electrons. The molecule has 17 heavy (non-hydrogen) atoms. The first kappa shape index (κ1) is 14.3. The van der Waals surface area contributed by atoms with Crippen LogP contribution in [0.5, 0.6) is 0 Å².